The number of rotatable bonds is 3. The largest absolute Gasteiger partial charge is 0.486 e. The van der Waals surface area contributed by atoms with E-state index in [0.29, 0.717) is 30.3 Å². The molecule has 1 aromatic rings. The van der Waals surface area contributed by atoms with Crippen LogP contribution in [0.15, 0.2) is 18.2 Å². The Bertz CT molecular complexity index is 497. The molecule has 0 saturated carbocycles. The van der Waals surface area contributed by atoms with Gasteiger partial charge in [0.2, 0.25) is 0 Å². The van der Waals surface area contributed by atoms with Gasteiger partial charge >= 0.3 is 0 Å². The van der Waals surface area contributed by atoms with Crippen LogP contribution in [-0.4, -0.2) is 37.9 Å². The van der Waals surface area contributed by atoms with Gasteiger partial charge in [0.25, 0.3) is 5.91 Å². The lowest BCUT2D eigenvalue weighted by Gasteiger charge is -2.21. The third-order valence-corrected chi connectivity index (χ3v) is 3.69. The molecule has 3 rings (SSSR count). The summed E-state index contributed by atoms with van der Waals surface area (Å²) in [4.78, 5) is 12.2. The number of carbonyl (C=O) groups excluding carboxylic acids is 1. The third-order valence-electron chi connectivity index (χ3n) is 3.69. The van der Waals surface area contributed by atoms with E-state index in [1.807, 2.05) is 6.92 Å². The SMILES string of the molecule is C[C@@H](NC(=O)c1ccc2c(c1)OCCO2)[C@@H]1CCCO1. The molecule has 0 aliphatic carbocycles. The van der Waals surface area contributed by atoms with Crippen LogP contribution in [0.4, 0.5) is 0 Å². The number of benzene rings is 1. The Kier molecular flexibility index (Phi) is 3.78. The fraction of sp³-hybridized carbons (Fsp3) is 0.533. The van der Waals surface area contributed by atoms with Crippen molar-refractivity contribution in [2.45, 2.75) is 31.9 Å². The Labute approximate surface area is 118 Å². The highest BCUT2D eigenvalue weighted by Crippen LogP contribution is 2.30. The average Bonchev–Trinajstić information content (AvgIpc) is 3.01. The molecule has 2 aliphatic heterocycles. The number of hydrogen-bond donors (Lipinski definition) is 1. The van der Waals surface area contributed by atoms with Crippen molar-refractivity contribution in [1.82, 2.24) is 5.32 Å². The smallest absolute Gasteiger partial charge is 0.251 e. The normalized spacial score (nSPS) is 22.4. The highest BCUT2D eigenvalue weighted by Gasteiger charge is 2.24. The maximum atomic E-state index is 12.2. The highest BCUT2D eigenvalue weighted by atomic mass is 16.6. The summed E-state index contributed by atoms with van der Waals surface area (Å²) in [5.74, 6) is 1.22. The predicted molar refractivity (Wildman–Crippen MR) is 73.3 cm³/mol. The Hall–Kier alpha value is -1.75. The number of carbonyl (C=O) groups is 1. The van der Waals surface area contributed by atoms with Gasteiger partial charge in [-0.05, 0) is 38.0 Å². The molecule has 1 aromatic carbocycles. The van der Waals surface area contributed by atoms with Crippen LogP contribution in [0.2, 0.25) is 0 Å². The highest BCUT2D eigenvalue weighted by molar-refractivity contribution is 5.95. The number of amides is 1. The summed E-state index contributed by atoms with van der Waals surface area (Å²) >= 11 is 0. The Morgan fingerprint density at radius 3 is 2.80 bits per heavy atom. The predicted octanol–water partition coefficient (Wildman–Crippen LogP) is 1.76. The van der Waals surface area contributed by atoms with Crippen molar-refractivity contribution in [3.63, 3.8) is 0 Å². The third kappa shape index (κ3) is 2.72. The summed E-state index contributed by atoms with van der Waals surface area (Å²) in [6, 6.07) is 5.27. The lowest BCUT2D eigenvalue weighted by Crippen LogP contribution is -2.40. The molecule has 0 bridgehead atoms. The molecule has 2 heterocycles. The summed E-state index contributed by atoms with van der Waals surface area (Å²) in [6.07, 6.45) is 2.19. The Morgan fingerprint density at radius 1 is 1.25 bits per heavy atom. The molecule has 1 saturated heterocycles. The van der Waals surface area contributed by atoms with Gasteiger partial charge in [0.1, 0.15) is 13.2 Å². The molecule has 0 aromatic heterocycles. The van der Waals surface area contributed by atoms with E-state index in [1.54, 1.807) is 18.2 Å². The van der Waals surface area contributed by atoms with Crippen LogP contribution in [0.3, 0.4) is 0 Å². The van der Waals surface area contributed by atoms with Crippen molar-refractivity contribution in [3.8, 4) is 11.5 Å². The first-order chi connectivity index (χ1) is 9.74. The minimum absolute atomic E-state index is 0.0122. The molecular formula is C15H19NO4. The summed E-state index contributed by atoms with van der Waals surface area (Å²) in [6.45, 7) is 3.83. The monoisotopic (exact) mass is 277 g/mol. The van der Waals surface area contributed by atoms with E-state index in [2.05, 4.69) is 5.32 Å². The lowest BCUT2D eigenvalue weighted by molar-refractivity contribution is 0.0712. The average molecular weight is 277 g/mol. The Balaban J connectivity index is 1.67. The van der Waals surface area contributed by atoms with Crippen LogP contribution in [0.1, 0.15) is 30.1 Å². The van der Waals surface area contributed by atoms with Crippen molar-refractivity contribution < 1.29 is 19.0 Å². The van der Waals surface area contributed by atoms with Crippen LogP contribution in [0, 0.1) is 0 Å². The molecule has 108 valence electrons. The fourth-order valence-corrected chi connectivity index (χ4v) is 2.56. The van der Waals surface area contributed by atoms with Crippen molar-refractivity contribution in [1.29, 1.82) is 0 Å². The van der Waals surface area contributed by atoms with Crippen molar-refractivity contribution >= 4 is 5.91 Å². The molecule has 20 heavy (non-hydrogen) atoms. The first-order valence-electron chi connectivity index (χ1n) is 7.06. The minimum atomic E-state index is -0.107. The van der Waals surface area contributed by atoms with E-state index in [0.717, 1.165) is 19.4 Å². The molecule has 5 heteroatoms. The first-order valence-corrected chi connectivity index (χ1v) is 7.06. The van der Waals surface area contributed by atoms with Gasteiger partial charge in [-0.25, -0.2) is 0 Å². The minimum Gasteiger partial charge on any atom is -0.486 e. The number of hydrogen-bond acceptors (Lipinski definition) is 4. The second-order valence-corrected chi connectivity index (χ2v) is 5.17. The zero-order valence-corrected chi connectivity index (χ0v) is 11.6. The Morgan fingerprint density at radius 2 is 2.05 bits per heavy atom. The van der Waals surface area contributed by atoms with Gasteiger partial charge in [-0.1, -0.05) is 0 Å². The quantitative estimate of drug-likeness (QED) is 0.914. The van der Waals surface area contributed by atoms with E-state index in [-0.39, 0.29) is 18.1 Å². The van der Waals surface area contributed by atoms with Gasteiger partial charge in [0.05, 0.1) is 12.1 Å². The fourth-order valence-electron chi connectivity index (χ4n) is 2.56. The van der Waals surface area contributed by atoms with Crippen molar-refractivity contribution in [2.75, 3.05) is 19.8 Å². The van der Waals surface area contributed by atoms with Gasteiger partial charge in [-0.15, -0.1) is 0 Å². The van der Waals surface area contributed by atoms with Crippen LogP contribution in [-0.2, 0) is 4.74 Å². The zero-order valence-electron chi connectivity index (χ0n) is 11.6. The number of ether oxygens (including phenoxy) is 3. The van der Waals surface area contributed by atoms with E-state index < -0.39 is 0 Å². The van der Waals surface area contributed by atoms with E-state index in [4.69, 9.17) is 14.2 Å². The maximum absolute atomic E-state index is 12.2. The molecule has 2 atom stereocenters. The van der Waals surface area contributed by atoms with Crippen molar-refractivity contribution in [3.05, 3.63) is 23.8 Å². The molecule has 0 spiro atoms. The summed E-state index contributed by atoms with van der Waals surface area (Å²) in [7, 11) is 0. The molecule has 0 radical (unpaired) electrons. The van der Waals surface area contributed by atoms with Gasteiger partial charge in [-0.3, -0.25) is 4.79 Å². The van der Waals surface area contributed by atoms with Crippen LogP contribution in [0.25, 0.3) is 0 Å². The summed E-state index contributed by atoms with van der Waals surface area (Å²) in [5, 5.41) is 2.98. The first kappa shape index (κ1) is 13.2. The molecule has 5 nitrogen and oxygen atoms in total. The van der Waals surface area contributed by atoms with Gasteiger partial charge < -0.3 is 19.5 Å². The summed E-state index contributed by atoms with van der Waals surface area (Å²) in [5.41, 5.74) is 0.582. The second-order valence-electron chi connectivity index (χ2n) is 5.17. The standard InChI is InChI=1S/C15H19NO4/c1-10(12-3-2-6-18-12)16-15(17)11-4-5-13-14(9-11)20-8-7-19-13/h4-5,9-10,12H,2-3,6-8H2,1H3,(H,16,17)/t10-,12+/m1/s1. The lowest BCUT2D eigenvalue weighted by atomic mass is 10.1. The molecule has 1 N–H and O–H groups in total. The van der Waals surface area contributed by atoms with Crippen molar-refractivity contribution in [2.24, 2.45) is 0 Å². The van der Waals surface area contributed by atoms with Crippen LogP contribution < -0.4 is 14.8 Å². The maximum Gasteiger partial charge on any atom is 0.251 e. The molecule has 0 unspecified atom stereocenters. The van der Waals surface area contributed by atoms with E-state index in [9.17, 15) is 4.79 Å². The van der Waals surface area contributed by atoms with E-state index >= 15 is 0 Å². The van der Waals surface area contributed by atoms with Crippen LogP contribution >= 0.6 is 0 Å². The molecular weight excluding hydrogens is 258 g/mol. The van der Waals surface area contributed by atoms with E-state index in [1.165, 1.54) is 0 Å². The topological polar surface area (TPSA) is 56.8 Å². The number of nitrogens with one attached hydrogen (secondary N) is 1. The van der Waals surface area contributed by atoms with Crippen LogP contribution in [0.5, 0.6) is 11.5 Å². The summed E-state index contributed by atoms with van der Waals surface area (Å²) < 4.78 is 16.5. The number of fused-ring (bicyclic) bond motifs is 1. The molecule has 1 amide bonds. The second kappa shape index (κ2) is 5.71. The molecule has 2 aliphatic rings. The van der Waals surface area contributed by atoms with Gasteiger partial charge in [0, 0.05) is 12.2 Å². The zero-order chi connectivity index (χ0) is 13.9. The molecule has 1 fully saturated rings. The van der Waals surface area contributed by atoms with Gasteiger partial charge in [0.15, 0.2) is 11.5 Å². The van der Waals surface area contributed by atoms with Gasteiger partial charge in [-0.2, -0.15) is 0 Å².